The monoisotopic (exact) mass is 368 g/mol. The minimum Gasteiger partial charge on any atom is -0.496 e. The SMILES string of the molecule is COc1ccc(C)cc1C(C)NC(=O)/C=C/c1ccc(OCC(N)=O)cc1. The van der Waals surface area contributed by atoms with Gasteiger partial charge in [0.15, 0.2) is 6.61 Å². The fourth-order valence-electron chi connectivity index (χ4n) is 2.53. The molecule has 0 fully saturated rings. The summed E-state index contributed by atoms with van der Waals surface area (Å²) in [6.45, 7) is 3.74. The van der Waals surface area contributed by atoms with Crippen LogP contribution in [0, 0.1) is 6.92 Å². The van der Waals surface area contributed by atoms with Crippen molar-refractivity contribution in [2.24, 2.45) is 5.73 Å². The van der Waals surface area contributed by atoms with Crippen molar-refractivity contribution in [3.8, 4) is 11.5 Å². The lowest BCUT2D eigenvalue weighted by atomic mass is 10.0. The zero-order valence-corrected chi connectivity index (χ0v) is 15.7. The van der Waals surface area contributed by atoms with Crippen LogP contribution in [0.15, 0.2) is 48.5 Å². The molecule has 0 saturated carbocycles. The molecule has 0 aromatic heterocycles. The summed E-state index contributed by atoms with van der Waals surface area (Å²) in [6, 6.07) is 12.7. The Hall–Kier alpha value is -3.28. The molecule has 6 nitrogen and oxygen atoms in total. The molecule has 0 aliphatic carbocycles. The number of rotatable bonds is 8. The van der Waals surface area contributed by atoms with E-state index in [2.05, 4.69) is 5.32 Å². The molecule has 142 valence electrons. The molecule has 0 saturated heterocycles. The number of hydrogen-bond donors (Lipinski definition) is 2. The van der Waals surface area contributed by atoms with Crippen molar-refractivity contribution in [1.29, 1.82) is 0 Å². The molecule has 0 heterocycles. The highest BCUT2D eigenvalue weighted by atomic mass is 16.5. The van der Waals surface area contributed by atoms with Crippen molar-refractivity contribution >= 4 is 17.9 Å². The summed E-state index contributed by atoms with van der Waals surface area (Å²) in [5.74, 6) is 0.537. The van der Waals surface area contributed by atoms with E-state index in [1.54, 1.807) is 37.5 Å². The second-order valence-corrected chi connectivity index (χ2v) is 6.13. The van der Waals surface area contributed by atoms with Gasteiger partial charge in [0.05, 0.1) is 13.2 Å². The first kappa shape index (κ1) is 20.0. The van der Waals surface area contributed by atoms with Crippen LogP contribution in [0.3, 0.4) is 0 Å². The minimum atomic E-state index is -0.532. The number of benzene rings is 2. The first-order chi connectivity index (χ1) is 12.9. The largest absolute Gasteiger partial charge is 0.496 e. The predicted octanol–water partition coefficient (Wildman–Crippen LogP) is 2.76. The number of ether oxygens (including phenoxy) is 2. The van der Waals surface area contributed by atoms with Gasteiger partial charge in [-0.2, -0.15) is 0 Å². The van der Waals surface area contributed by atoms with Gasteiger partial charge in [0.2, 0.25) is 5.91 Å². The fourth-order valence-corrected chi connectivity index (χ4v) is 2.53. The molecule has 0 bridgehead atoms. The maximum absolute atomic E-state index is 12.2. The van der Waals surface area contributed by atoms with Crippen LogP contribution in [-0.2, 0) is 9.59 Å². The van der Waals surface area contributed by atoms with E-state index in [1.165, 1.54) is 6.08 Å². The van der Waals surface area contributed by atoms with Gasteiger partial charge in [0.25, 0.3) is 5.91 Å². The van der Waals surface area contributed by atoms with E-state index in [0.717, 1.165) is 22.4 Å². The van der Waals surface area contributed by atoms with Crippen molar-refractivity contribution < 1.29 is 19.1 Å². The Morgan fingerprint density at radius 3 is 2.52 bits per heavy atom. The molecule has 2 aromatic carbocycles. The molecule has 27 heavy (non-hydrogen) atoms. The van der Waals surface area contributed by atoms with E-state index in [0.29, 0.717) is 5.75 Å². The van der Waals surface area contributed by atoms with E-state index < -0.39 is 5.91 Å². The van der Waals surface area contributed by atoms with Gasteiger partial charge in [0.1, 0.15) is 11.5 Å². The summed E-state index contributed by atoms with van der Waals surface area (Å²) in [6.07, 6.45) is 3.17. The van der Waals surface area contributed by atoms with E-state index in [9.17, 15) is 9.59 Å². The third kappa shape index (κ3) is 6.18. The van der Waals surface area contributed by atoms with Crippen LogP contribution in [0.5, 0.6) is 11.5 Å². The van der Waals surface area contributed by atoms with Crippen molar-refractivity contribution in [2.75, 3.05) is 13.7 Å². The number of primary amides is 1. The Morgan fingerprint density at radius 2 is 1.89 bits per heavy atom. The number of carbonyl (C=O) groups is 2. The fraction of sp³-hybridized carbons (Fsp3) is 0.238. The Balaban J connectivity index is 1.96. The highest BCUT2D eigenvalue weighted by molar-refractivity contribution is 5.92. The molecule has 0 spiro atoms. The van der Waals surface area contributed by atoms with Crippen LogP contribution in [-0.4, -0.2) is 25.5 Å². The van der Waals surface area contributed by atoms with Crippen LogP contribution < -0.4 is 20.5 Å². The lowest BCUT2D eigenvalue weighted by molar-refractivity contribution is -0.120. The maximum atomic E-state index is 12.2. The summed E-state index contributed by atoms with van der Waals surface area (Å²) >= 11 is 0. The average molecular weight is 368 g/mol. The molecule has 6 heteroatoms. The van der Waals surface area contributed by atoms with Gasteiger partial charge in [-0.15, -0.1) is 0 Å². The Morgan fingerprint density at radius 1 is 1.19 bits per heavy atom. The smallest absolute Gasteiger partial charge is 0.255 e. The van der Waals surface area contributed by atoms with Gasteiger partial charge < -0.3 is 20.5 Å². The first-order valence-electron chi connectivity index (χ1n) is 8.53. The van der Waals surface area contributed by atoms with Crippen LogP contribution in [0.4, 0.5) is 0 Å². The summed E-state index contributed by atoms with van der Waals surface area (Å²) < 4.78 is 10.6. The quantitative estimate of drug-likeness (QED) is 0.701. The highest BCUT2D eigenvalue weighted by Gasteiger charge is 2.13. The molecular weight excluding hydrogens is 344 g/mol. The lowest BCUT2D eigenvalue weighted by Crippen LogP contribution is -2.25. The van der Waals surface area contributed by atoms with Crippen molar-refractivity contribution in [3.05, 3.63) is 65.2 Å². The van der Waals surface area contributed by atoms with Crippen molar-refractivity contribution in [2.45, 2.75) is 19.9 Å². The van der Waals surface area contributed by atoms with Crippen molar-refractivity contribution in [1.82, 2.24) is 5.32 Å². The second kappa shape index (κ2) is 9.43. The Labute approximate surface area is 159 Å². The normalized spacial score (nSPS) is 11.8. The number of nitrogens with one attached hydrogen (secondary N) is 1. The molecule has 0 aliphatic rings. The molecule has 0 radical (unpaired) electrons. The first-order valence-corrected chi connectivity index (χ1v) is 8.53. The third-order valence-electron chi connectivity index (χ3n) is 3.90. The average Bonchev–Trinajstić information content (AvgIpc) is 2.65. The topological polar surface area (TPSA) is 90.7 Å². The number of methoxy groups -OCH3 is 1. The minimum absolute atomic E-state index is 0.169. The summed E-state index contributed by atoms with van der Waals surface area (Å²) in [5, 5.41) is 2.93. The number of nitrogens with two attached hydrogens (primary N) is 1. The van der Waals surface area contributed by atoms with Crippen LogP contribution in [0.25, 0.3) is 6.08 Å². The van der Waals surface area contributed by atoms with E-state index in [4.69, 9.17) is 15.2 Å². The number of amides is 2. The maximum Gasteiger partial charge on any atom is 0.255 e. The predicted molar refractivity (Wildman–Crippen MR) is 104 cm³/mol. The van der Waals surface area contributed by atoms with Gasteiger partial charge >= 0.3 is 0 Å². The molecule has 2 aromatic rings. The number of hydrogen-bond acceptors (Lipinski definition) is 4. The number of aryl methyl sites for hydroxylation is 1. The lowest BCUT2D eigenvalue weighted by Gasteiger charge is -2.17. The molecule has 0 aliphatic heterocycles. The summed E-state index contributed by atoms with van der Waals surface area (Å²) in [5.41, 5.74) is 7.89. The van der Waals surface area contributed by atoms with Gasteiger partial charge in [0, 0.05) is 11.6 Å². The third-order valence-corrected chi connectivity index (χ3v) is 3.90. The van der Waals surface area contributed by atoms with Crippen LogP contribution in [0.1, 0.15) is 29.7 Å². The molecule has 2 rings (SSSR count). The van der Waals surface area contributed by atoms with Gasteiger partial charge in [-0.05, 0) is 43.7 Å². The molecular formula is C21H24N2O4. The van der Waals surface area contributed by atoms with Gasteiger partial charge in [-0.25, -0.2) is 0 Å². The Bertz CT molecular complexity index is 829. The van der Waals surface area contributed by atoms with E-state index >= 15 is 0 Å². The number of carbonyl (C=O) groups excluding carboxylic acids is 2. The van der Waals surface area contributed by atoms with Gasteiger partial charge in [-0.1, -0.05) is 29.8 Å². The van der Waals surface area contributed by atoms with E-state index in [1.807, 2.05) is 32.0 Å². The summed E-state index contributed by atoms with van der Waals surface area (Å²) in [7, 11) is 1.61. The van der Waals surface area contributed by atoms with Crippen molar-refractivity contribution in [3.63, 3.8) is 0 Å². The molecule has 2 amide bonds. The van der Waals surface area contributed by atoms with Crippen LogP contribution >= 0.6 is 0 Å². The van der Waals surface area contributed by atoms with Gasteiger partial charge in [-0.3, -0.25) is 9.59 Å². The summed E-state index contributed by atoms with van der Waals surface area (Å²) in [4.78, 5) is 22.9. The molecule has 3 N–H and O–H groups in total. The zero-order chi connectivity index (χ0) is 19.8. The zero-order valence-electron chi connectivity index (χ0n) is 15.7. The second-order valence-electron chi connectivity index (χ2n) is 6.13. The van der Waals surface area contributed by atoms with E-state index in [-0.39, 0.29) is 18.6 Å². The molecule has 1 atom stereocenters. The Kier molecular flexibility index (Phi) is 7.00. The highest BCUT2D eigenvalue weighted by Crippen LogP contribution is 2.26. The standard InChI is InChI=1S/C21H24N2O4/c1-14-4-10-19(26-3)18(12-14)15(2)23-21(25)11-7-16-5-8-17(9-6-16)27-13-20(22)24/h4-12,15H,13H2,1-3H3,(H2,22,24)(H,23,25)/b11-7+. The van der Waals surface area contributed by atoms with Crippen LogP contribution in [0.2, 0.25) is 0 Å². The molecule has 1 unspecified atom stereocenters.